The molecule has 6 N–H and O–H groups in total. The van der Waals surface area contributed by atoms with Gasteiger partial charge in [-0.1, -0.05) is 0 Å². The number of rotatable bonds is 2. The molecule has 0 amide bonds. The summed E-state index contributed by atoms with van der Waals surface area (Å²) in [6.07, 6.45) is 0. The van der Waals surface area contributed by atoms with Crippen LogP contribution in [0.3, 0.4) is 0 Å². The molecule has 0 atom stereocenters. The maximum absolute atomic E-state index is 11.1. The molecular formula is C6H9Br2N3NaO2P. The average Bonchev–Trinajstić information content (AvgIpc) is 2.04. The summed E-state index contributed by atoms with van der Waals surface area (Å²) in [6, 6.07) is 2.93. The summed E-state index contributed by atoms with van der Waals surface area (Å²) in [7, 11) is -3.33. The first kappa shape index (κ1) is 15.9. The van der Waals surface area contributed by atoms with E-state index in [0.717, 1.165) is 0 Å². The van der Waals surface area contributed by atoms with Gasteiger partial charge < -0.3 is 11.6 Å². The SMILES string of the molecule is NP(N)(=O)Nc1ccc(O)c(Br)c1Br.[H-].[Na+]. The van der Waals surface area contributed by atoms with E-state index in [1.165, 1.54) is 12.1 Å². The van der Waals surface area contributed by atoms with Crippen LogP contribution >= 0.6 is 39.5 Å². The number of nitrogens with one attached hydrogen (secondary N) is 1. The van der Waals surface area contributed by atoms with Crippen molar-refractivity contribution in [2.45, 2.75) is 0 Å². The van der Waals surface area contributed by atoms with Crippen molar-refractivity contribution in [2.75, 3.05) is 5.09 Å². The molecule has 0 heterocycles. The Bertz CT molecular complexity index is 417. The van der Waals surface area contributed by atoms with E-state index >= 15 is 0 Å². The number of nitrogens with two attached hydrogens (primary N) is 2. The summed E-state index contributed by atoms with van der Waals surface area (Å²) in [4.78, 5) is 0. The van der Waals surface area contributed by atoms with Crippen LogP contribution in [-0.2, 0) is 4.57 Å². The average molecular weight is 369 g/mol. The van der Waals surface area contributed by atoms with Crippen LogP contribution in [0.2, 0.25) is 0 Å². The van der Waals surface area contributed by atoms with E-state index in [1.54, 1.807) is 0 Å². The van der Waals surface area contributed by atoms with Gasteiger partial charge in [0.05, 0.1) is 14.6 Å². The van der Waals surface area contributed by atoms with E-state index in [4.69, 9.17) is 11.0 Å². The third-order valence-corrected chi connectivity index (χ3v) is 4.11. The second-order valence-electron chi connectivity index (χ2n) is 2.58. The van der Waals surface area contributed by atoms with Gasteiger partial charge in [0.25, 0.3) is 7.59 Å². The summed E-state index contributed by atoms with van der Waals surface area (Å²) in [5, 5.41) is 11.7. The van der Waals surface area contributed by atoms with Crippen LogP contribution in [0, 0.1) is 0 Å². The fourth-order valence-corrected chi connectivity index (χ4v) is 2.31. The van der Waals surface area contributed by atoms with Crippen molar-refractivity contribution in [2.24, 2.45) is 11.0 Å². The van der Waals surface area contributed by atoms with E-state index in [2.05, 4.69) is 36.9 Å². The van der Waals surface area contributed by atoms with Crippen molar-refractivity contribution in [3.63, 3.8) is 0 Å². The molecule has 0 aliphatic heterocycles. The second-order valence-corrected chi connectivity index (χ2v) is 5.81. The van der Waals surface area contributed by atoms with Crippen molar-refractivity contribution >= 4 is 45.1 Å². The van der Waals surface area contributed by atoms with Crippen molar-refractivity contribution in [1.29, 1.82) is 0 Å². The van der Waals surface area contributed by atoms with Crippen LogP contribution in [0.15, 0.2) is 21.1 Å². The van der Waals surface area contributed by atoms with Gasteiger partial charge in [-0.05, 0) is 44.0 Å². The van der Waals surface area contributed by atoms with E-state index < -0.39 is 7.59 Å². The monoisotopic (exact) mass is 367 g/mol. The van der Waals surface area contributed by atoms with Crippen LogP contribution in [0.25, 0.3) is 0 Å². The standard InChI is InChI=1S/C6H8Br2N3O2P.Na.H/c7-5-3(11-14(9,10)13)1-2-4(12)6(5)8;;/h1-2,12H,(H5,9,10,11,13);;/q;+1;-1. The Morgan fingerprint density at radius 3 is 2.33 bits per heavy atom. The summed E-state index contributed by atoms with van der Waals surface area (Å²) in [5.74, 6) is 0.0614. The molecule has 0 fully saturated rings. The van der Waals surface area contributed by atoms with Gasteiger partial charge in [0.1, 0.15) is 5.75 Å². The minimum absolute atomic E-state index is 0. The third kappa shape index (κ3) is 4.75. The first-order valence-corrected chi connectivity index (χ1v) is 6.87. The zero-order valence-electron chi connectivity index (χ0n) is 8.87. The van der Waals surface area contributed by atoms with Crippen LogP contribution in [0.5, 0.6) is 5.75 Å². The number of phenolic OH excluding ortho intramolecular Hbond substituents is 1. The predicted molar refractivity (Wildman–Crippen MR) is 64.2 cm³/mol. The molecule has 80 valence electrons. The van der Waals surface area contributed by atoms with Gasteiger partial charge in [0, 0.05) is 0 Å². The van der Waals surface area contributed by atoms with Crippen molar-refractivity contribution in [3.8, 4) is 5.75 Å². The maximum atomic E-state index is 11.1. The molecular weight excluding hydrogens is 360 g/mol. The van der Waals surface area contributed by atoms with E-state index in [-0.39, 0.29) is 36.7 Å². The van der Waals surface area contributed by atoms with Gasteiger partial charge >= 0.3 is 29.6 Å². The molecule has 5 nitrogen and oxygen atoms in total. The number of aromatic hydroxyl groups is 1. The van der Waals surface area contributed by atoms with E-state index in [0.29, 0.717) is 14.6 Å². The van der Waals surface area contributed by atoms with E-state index in [9.17, 15) is 9.67 Å². The fraction of sp³-hybridized carbons (Fsp3) is 0. The smallest absolute Gasteiger partial charge is 1.00 e. The molecule has 0 bridgehead atoms. The van der Waals surface area contributed by atoms with E-state index in [1.807, 2.05) is 0 Å². The number of hydrogen-bond donors (Lipinski definition) is 4. The molecule has 1 aromatic rings. The van der Waals surface area contributed by atoms with Gasteiger partial charge in [-0.25, -0.2) is 0 Å². The Kier molecular flexibility index (Phi) is 6.40. The number of halogens is 2. The summed E-state index contributed by atoms with van der Waals surface area (Å²) >= 11 is 6.31. The minimum Gasteiger partial charge on any atom is -1.00 e. The van der Waals surface area contributed by atoms with Crippen LogP contribution in [-0.4, -0.2) is 5.11 Å². The Morgan fingerprint density at radius 1 is 1.33 bits per heavy atom. The number of benzene rings is 1. The van der Waals surface area contributed by atoms with Gasteiger partial charge in [-0.15, -0.1) is 0 Å². The summed E-state index contributed by atoms with van der Waals surface area (Å²) in [6.45, 7) is 0. The number of hydrogen-bond acceptors (Lipinski definition) is 2. The first-order valence-electron chi connectivity index (χ1n) is 3.43. The molecule has 0 radical (unpaired) electrons. The molecule has 1 aromatic carbocycles. The van der Waals surface area contributed by atoms with Crippen LogP contribution in [0.4, 0.5) is 5.69 Å². The molecule has 1 rings (SSSR count). The topological polar surface area (TPSA) is 101 Å². The number of phenols is 1. The molecule has 0 aliphatic rings. The minimum atomic E-state index is -3.33. The molecule has 0 aliphatic carbocycles. The largest absolute Gasteiger partial charge is 1.00 e. The normalized spacial score (nSPS) is 10.7. The summed E-state index contributed by atoms with van der Waals surface area (Å²) in [5.41, 5.74) is 10.7. The van der Waals surface area contributed by atoms with Gasteiger partial charge in [0.2, 0.25) is 0 Å². The second kappa shape index (κ2) is 6.02. The first-order chi connectivity index (χ1) is 6.31. The molecule has 0 aromatic heterocycles. The Hall–Kier alpha value is 0.930. The molecule has 0 saturated heterocycles. The Balaban J connectivity index is 0. The predicted octanol–water partition coefficient (Wildman–Crippen LogP) is -0.529. The third-order valence-electron chi connectivity index (χ3n) is 1.36. The fourth-order valence-electron chi connectivity index (χ4n) is 0.814. The zero-order valence-corrected chi connectivity index (χ0v) is 13.9. The zero-order chi connectivity index (χ0) is 10.9. The maximum Gasteiger partial charge on any atom is 1.00 e. The van der Waals surface area contributed by atoms with Gasteiger partial charge in [0.15, 0.2) is 0 Å². The Morgan fingerprint density at radius 2 is 1.87 bits per heavy atom. The quantitative estimate of drug-likeness (QED) is 0.319. The van der Waals surface area contributed by atoms with Crippen LogP contribution in [0.1, 0.15) is 1.43 Å². The van der Waals surface area contributed by atoms with Gasteiger partial charge in [-0.3, -0.25) is 15.6 Å². The summed E-state index contributed by atoms with van der Waals surface area (Å²) < 4.78 is 12.0. The molecule has 15 heavy (non-hydrogen) atoms. The van der Waals surface area contributed by atoms with Crippen molar-refractivity contribution in [1.82, 2.24) is 0 Å². The van der Waals surface area contributed by atoms with Crippen LogP contribution < -0.4 is 45.7 Å². The van der Waals surface area contributed by atoms with Crippen molar-refractivity contribution < 1.29 is 40.7 Å². The van der Waals surface area contributed by atoms with Gasteiger partial charge in [-0.2, -0.15) is 0 Å². The Labute approximate surface area is 128 Å². The number of anilines is 1. The van der Waals surface area contributed by atoms with Crippen molar-refractivity contribution in [3.05, 3.63) is 21.1 Å². The molecule has 0 spiro atoms. The molecule has 0 saturated carbocycles. The molecule has 9 heteroatoms. The molecule has 0 unspecified atom stereocenters.